The van der Waals surface area contributed by atoms with Crippen LogP contribution in [0.3, 0.4) is 0 Å². The summed E-state index contributed by atoms with van der Waals surface area (Å²) in [5.74, 6) is -1.49. The highest BCUT2D eigenvalue weighted by Crippen LogP contribution is 2.44. The summed E-state index contributed by atoms with van der Waals surface area (Å²) in [6, 6.07) is 14.5. The smallest absolute Gasteiger partial charge is 0.294 e. The average molecular weight is 475 g/mol. The Morgan fingerprint density at radius 3 is 2.65 bits per heavy atom. The molecule has 34 heavy (non-hydrogen) atoms. The van der Waals surface area contributed by atoms with Gasteiger partial charge in [-0.3, -0.25) is 19.5 Å². The van der Waals surface area contributed by atoms with Crippen molar-refractivity contribution in [2.75, 3.05) is 12.0 Å². The molecule has 1 atom stereocenters. The van der Waals surface area contributed by atoms with E-state index in [1.54, 1.807) is 67.0 Å². The van der Waals surface area contributed by atoms with Gasteiger partial charge in [0, 0.05) is 28.5 Å². The quantitative estimate of drug-likeness (QED) is 0.379. The highest BCUT2D eigenvalue weighted by molar-refractivity contribution is 6.31. The third-order valence-electron chi connectivity index (χ3n) is 5.86. The van der Waals surface area contributed by atoms with Crippen LogP contribution >= 0.6 is 11.6 Å². The number of ether oxygens (including phenoxy) is 1. The van der Waals surface area contributed by atoms with Crippen molar-refractivity contribution >= 4 is 39.9 Å². The lowest BCUT2D eigenvalue weighted by Gasteiger charge is -2.28. The van der Waals surface area contributed by atoms with E-state index in [2.05, 4.69) is 4.98 Å². The second-order valence-electron chi connectivity index (χ2n) is 7.87. The molecule has 1 N–H and O–H groups in total. The van der Waals surface area contributed by atoms with Gasteiger partial charge >= 0.3 is 0 Å². The summed E-state index contributed by atoms with van der Waals surface area (Å²) in [4.78, 5) is 32.5. The van der Waals surface area contributed by atoms with Gasteiger partial charge in [0.05, 0.1) is 18.7 Å². The van der Waals surface area contributed by atoms with Gasteiger partial charge in [0.1, 0.15) is 0 Å². The van der Waals surface area contributed by atoms with E-state index in [0.717, 1.165) is 5.56 Å². The van der Waals surface area contributed by atoms with Crippen LogP contribution in [0, 0.1) is 6.92 Å². The van der Waals surface area contributed by atoms with Gasteiger partial charge in [0.25, 0.3) is 5.91 Å². The van der Waals surface area contributed by atoms with E-state index in [1.165, 1.54) is 12.0 Å². The number of ketones is 1. The lowest BCUT2D eigenvalue weighted by molar-refractivity contribution is -0.117. The lowest BCUT2D eigenvalue weighted by atomic mass is 9.95. The maximum atomic E-state index is 13.7. The number of aryl methyl sites for hydroxylation is 1. The predicted molar refractivity (Wildman–Crippen MR) is 127 cm³/mol. The number of amides is 1. The molecule has 8 heteroatoms. The molecule has 0 saturated carbocycles. The summed E-state index contributed by atoms with van der Waals surface area (Å²) in [5, 5.41) is 12.0. The van der Waals surface area contributed by atoms with Crippen molar-refractivity contribution in [1.82, 2.24) is 4.98 Å². The SMILES string of the molecule is COc1cccc2cc(C(=O)C3=C(O)C(=O)N(c4cc(Cl)ccc4C)C3c3ccncc3)oc12. The fraction of sp³-hybridized carbons (Fsp3) is 0.115. The van der Waals surface area contributed by atoms with Crippen LogP contribution < -0.4 is 9.64 Å². The zero-order chi connectivity index (χ0) is 24.0. The fourth-order valence-corrected chi connectivity index (χ4v) is 4.40. The van der Waals surface area contributed by atoms with E-state index in [1.807, 2.05) is 6.92 Å². The van der Waals surface area contributed by atoms with Gasteiger partial charge in [-0.05, 0) is 54.4 Å². The van der Waals surface area contributed by atoms with Crippen molar-refractivity contribution in [3.63, 3.8) is 0 Å². The molecule has 2 aromatic carbocycles. The minimum Gasteiger partial charge on any atom is -0.503 e. The third-order valence-corrected chi connectivity index (χ3v) is 6.09. The number of hydrogen-bond acceptors (Lipinski definition) is 6. The number of furan rings is 1. The number of Topliss-reactive ketones (excluding diaryl/α,β-unsaturated/α-hetero) is 1. The Morgan fingerprint density at radius 2 is 1.91 bits per heavy atom. The topological polar surface area (TPSA) is 92.9 Å². The number of benzene rings is 2. The molecule has 0 radical (unpaired) electrons. The van der Waals surface area contributed by atoms with E-state index in [9.17, 15) is 14.7 Å². The van der Waals surface area contributed by atoms with Crippen LogP contribution in [-0.4, -0.2) is 28.9 Å². The zero-order valence-electron chi connectivity index (χ0n) is 18.3. The van der Waals surface area contributed by atoms with Crippen molar-refractivity contribution in [2.45, 2.75) is 13.0 Å². The van der Waals surface area contributed by atoms with Crippen LogP contribution in [0.5, 0.6) is 5.75 Å². The van der Waals surface area contributed by atoms with Crippen molar-refractivity contribution in [1.29, 1.82) is 0 Å². The second-order valence-corrected chi connectivity index (χ2v) is 8.31. The minimum absolute atomic E-state index is 0.0161. The molecule has 1 amide bonds. The Hall–Kier alpha value is -4.10. The summed E-state index contributed by atoms with van der Waals surface area (Å²) in [6.07, 6.45) is 3.12. The maximum absolute atomic E-state index is 13.7. The molecule has 3 heterocycles. The number of aliphatic hydroxyl groups is 1. The van der Waals surface area contributed by atoms with Crippen LogP contribution in [0.15, 0.2) is 82.7 Å². The zero-order valence-corrected chi connectivity index (χ0v) is 19.0. The summed E-state index contributed by atoms with van der Waals surface area (Å²) < 4.78 is 11.2. The number of anilines is 1. The first-order chi connectivity index (χ1) is 16.4. The molecular weight excluding hydrogens is 456 g/mol. The minimum atomic E-state index is -0.907. The van der Waals surface area contributed by atoms with Crippen LogP contribution in [0.4, 0.5) is 5.69 Å². The average Bonchev–Trinajstić information content (AvgIpc) is 3.40. The number of carbonyl (C=O) groups excluding carboxylic acids is 2. The number of nitrogens with zero attached hydrogens (tertiary/aromatic N) is 2. The predicted octanol–water partition coefficient (Wildman–Crippen LogP) is 5.58. The van der Waals surface area contributed by atoms with Gasteiger partial charge in [-0.2, -0.15) is 0 Å². The van der Waals surface area contributed by atoms with E-state index in [-0.39, 0.29) is 11.3 Å². The Bertz CT molecular complexity index is 1480. The molecule has 1 aliphatic rings. The summed E-state index contributed by atoms with van der Waals surface area (Å²) in [7, 11) is 1.51. The molecule has 7 nitrogen and oxygen atoms in total. The van der Waals surface area contributed by atoms with E-state index >= 15 is 0 Å². The number of rotatable bonds is 5. The fourth-order valence-electron chi connectivity index (χ4n) is 4.23. The standard InChI is InChI=1S/C26H19ClN2O5/c1-14-6-7-17(27)13-18(14)29-22(15-8-10-28-11-9-15)21(24(31)26(29)32)23(30)20-12-16-4-3-5-19(33-2)25(16)34-20/h3-13,22,31H,1-2H3. The summed E-state index contributed by atoms with van der Waals surface area (Å²) in [5.41, 5.74) is 2.16. The largest absolute Gasteiger partial charge is 0.503 e. The van der Waals surface area contributed by atoms with E-state index < -0.39 is 23.5 Å². The normalized spacial score (nSPS) is 15.9. The summed E-state index contributed by atoms with van der Waals surface area (Å²) >= 11 is 6.22. The number of para-hydroxylation sites is 1. The number of fused-ring (bicyclic) bond motifs is 1. The number of pyridine rings is 1. The Balaban J connectivity index is 1.68. The van der Waals surface area contributed by atoms with Crippen molar-refractivity contribution < 1.29 is 23.8 Å². The van der Waals surface area contributed by atoms with Gasteiger partial charge in [-0.15, -0.1) is 0 Å². The highest BCUT2D eigenvalue weighted by atomic mass is 35.5. The van der Waals surface area contributed by atoms with Crippen molar-refractivity contribution in [2.24, 2.45) is 0 Å². The van der Waals surface area contributed by atoms with Gasteiger partial charge in [-0.1, -0.05) is 29.8 Å². The second kappa shape index (κ2) is 8.35. The first kappa shape index (κ1) is 21.7. The molecule has 0 spiro atoms. The van der Waals surface area contributed by atoms with Crippen molar-refractivity contribution in [3.8, 4) is 5.75 Å². The summed E-state index contributed by atoms with van der Waals surface area (Å²) in [6.45, 7) is 1.82. The number of hydrogen-bond donors (Lipinski definition) is 1. The molecule has 0 aliphatic carbocycles. The van der Waals surface area contributed by atoms with E-state index in [4.69, 9.17) is 20.8 Å². The molecule has 0 saturated heterocycles. The number of carbonyl (C=O) groups is 2. The highest BCUT2D eigenvalue weighted by Gasteiger charge is 2.45. The lowest BCUT2D eigenvalue weighted by Crippen LogP contribution is -2.31. The van der Waals surface area contributed by atoms with Gasteiger partial charge in [-0.25, -0.2) is 0 Å². The molecule has 4 aromatic rings. The number of aliphatic hydroxyl groups excluding tert-OH is 1. The van der Waals surface area contributed by atoms with Crippen LogP contribution in [0.1, 0.15) is 27.7 Å². The Kier molecular flexibility index (Phi) is 5.34. The first-order valence-electron chi connectivity index (χ1n) is 10.4. The number of halogens is 1. The third kappa shape index (κ3) is 3.41. The van der Waals surface area contributed by atoms with Crippen LogP contribution in [-0.2, 0) is 4.79 Å². The molecule has 1 unspecified atom stereocenters. The molecule has 5 rings (SSSR count). The molecule has 0 bridgehead atoms. The Labute approximate surface area is 199 Å². The molecule has 1 aliphatic heterocycles. The van der Waals surface area contributed by atoms with Crippen molar-refractivity contribution in [3.05, 3.63) is 100 Å². The maximum Gasteiger partial charge on any atom is 0.294 e. The van der Waals surface area contributed by atoms with Gasteiger partial charge < -0.3 is 14.3 Å². The van der Waals surface area contributed by atoms with Crippen LogP contribution in [0.25, 0.3) is 11.0 Å². The number of aromatic nitrogens is 1. The Morgan fingerprint density at radius 1 is 1.15 bits per heavy atom. The van der Waals surface area contributed by atoms with Gasteiger partial charge in [0.2, 0.25) is 5.78 Å². The molecule has 170 valence electrons. The molecule has 0 fully saturated rings. The van der Waals surface area contributed by atoms with Crippen LogP contribution in [0.2, 0.25) is 5.02 Å². The van der Waals surface area contributed by atoms with Gasteiger partial charge in [0.15, 0.2) is 22.9 Å². The first-order valence-corrected chi connectivity index (χ1v) is 10.8. The molecular formula is C26H19ClN2O5. The molecule has 2 aromatic heterocycles. The number of methoxy groups -OCH3 is 1. The van der Waals surface area contributed by atoms with E-state index in [0.29, 0.717) is 33.0 Å². The monoisotopic (exact) mass is 474 g/mol.